The molecule has 0 aromatic carbocycles. The monoisotopic (exact) mass is 322 g/mol. The first kappa shape index (κ1) is 14.1. The third-order valence-electron chi connectivity index (χ3n) is 4.64. The number of hydrogen-bond donors (Lipinski definition) is 0. The van der Waals surface area contributed by atoms with E-state index in [0.29, 0.717) is 25.6 Å². The minimum Gasteiger partial charge on any atom is -0.379 e. The van der Waals surface area contributed by atoms with Crippen LogP contribution in [0.2, 0.25) is 5.28 Å². The molecule has 4 rings (SSSR count). The highest BCUT2D eigenvalue weighted by atomic mass is 35.5. The average Bonchev–Trinajstić information content (AvgIpc) is 3.18. The summed E-state index contributed by atoms with van der Waals surface area (Å²) in [6, 6.07) is -0.182. The Morgan fingerprint density at radius 2 is 2.18 bits per heavy atom. The molecule has 1 saturated carbocycles. The van der Waals surface area contributed by atoms with Crippen LogP contribution >= 0.6 is 11.6 Å². The van der Waals surface area contributed by atoms with E-state index >= 15 is 0 Å². The highest BCUT2D eigenvalue weighted by Crippen LogP contribution is 2.44. The van der Waals surface area contributed by atoms with Crippen LogP contribution < -0.4 is 4.90 Å². The van der Waals surface area contributed by atoms with Crippen LogP contribution in [0.5, 0.6) is 0 Å². The lowest BCUT2D eigenvalue weighted by Crippen LogP contribution is -2.31. The van der Waals surface area contributed by atoms with Crippen LogP contribution in [0.3, 0.4) is 0 Å². The van der Waals surface area contributed by atoms with Gasteiger partial charge in [-0.15, -0.1) is 0 Å². The molecule has 0 N–H and O–H groups in total. The molecule has 2 aliphatic rings. The summed E-state index contributed by atoms with van der Waals surface area (Å²) in [5.74, 6) is 0.581. The van der Waals surface area contributed by atoms with E-state index in [2.05, 4.69) is 15.0 Å². The van der Waals surface area contributed by atoms with Crippen LogP contribution in [0.25, 0.3) is 10.9 Å². The predicted octanol–water partition coefficient (Wildman–Crippen LogP) is 2.47. The number of halogens is 2. The summed E-state index contributed by atoms with van der Waals surface area (Å²) in [5.41, 5.74) is 2.65. The number of pyridine rings is 1. The van der Waals surface area contributed by atoms with E-state index in [-0.39, 0.29) is 17.2 Å². The Kier molecular flexibility index (Phi) is 3.20. The average molecular weight is 323 g/mol. The molecule has 22 heavy (non-hydrogen) atoms. The molecule has 0 spiro atoms. The molecule has 1 saturated heterocycles. The molecule has 1 aliphatic heterocycles. The van der Waals surface area contributed by atoms with E-state index in [1.54, 1.807) is 6.20 Å². The predicted molar refractivity (Wildman–Crippen MR) is 82.2 cm³/mol. The Morgan fingerprint density at radius 1 is 1.36 bits per heavy atom. The van der Waals surface area contributed by atoms with Crippen LogP contribution in [0.15, 0.2) is 6.20 Å². The molecule has 0 amide bonds. The standard InChI is InChI=1S/C15H16ClFN4O/c1-7-8(2)18-5-9-12(7)19-15(16)20-14(9)21-3-4-22-6-10-11(17)13(10)21/h5,10-11,13H,3-4,6H2,1-2H3. The summed E-state index contributed by atoms with van der Waals surface area (Å²) in [5, 5.41) is 0.987. The van der Waals surface area contributed by atoms with Gasteiger partial charge in [0.15, 0.2) is 0 Å². The summed E-state index contributed by atoms with van der Waals surface area (Å²) in [7, 11) is 0. The first-order chi connectivity index (χ1) is 10.6. The quantitative estimate of drug-likeness (QED) is 0.755. The molecule has 2 fully saturated rings. The van der Waals surface area contributed by atoms with Crippen LogP contribution in [0, 0.1) is 19.8 Å². The van der Waals surface area contributed by atoms with Crippen LogP contribution in [0.4, 0.5) is 10.2 Å². The number of ether oxygens (including phenoxy) is 1. The van der Waals surface area contributed by atoms with Gasteiger partial charge in [-0.3, -0.25) is 4.98 Å². The smallest absolute Gasteiger partial charge is 0.224 e. The second-order valence-electron chi connectivity index (χ2n) is 5.91. The lowest BCUT2D eigenvalue weighted by Gasteiger charge is -2.24. The maximum absolute atomic E-state index is 14.0. The van der Waals surface area contributed by atoms with Gasteiger partial charge in [-0.05, 0) is 31.0 Å². The van der Waals surface area contributed by atoms with Crippen molar-refractivity contribution in [1.82, 2.24) is 15.0 Å². The second kappa shape index (κ2) is 4.99. The lowest BCUT2D eigenvalue weighted by atomic mass is 10.1. The summed E-state index contributed by atoms with van der Waals surface area (Å²) >= 11 is 6.11. The summed E-state index contributed by atoms with van der Waals surface area (Å²) in [6.07, 6.45) is 0.878. The Balaban J connectivity index is 1.89. The third kappa shape index (κ3) is 2.05. The SMILES string of the molecule is Cc1ncc2c(N3CCOCC4C(F)C43)nc(Cl)nc2c1C. The number of anilines is 1. The van der Waals surface area contributed by atoms with Crippen molar-refractivity contribution in [2.75, 3.05) is 24.7 Å². The number of fused-ring (bicyclic) bond motifs is 2. The van der Waals surface area contributed by atoms with E-state index in [4.69, 9.17) is 16.3 Å². The van der Waals surface area contributed by atoms with Crippen molar-refractivity contribution in [1.29, 1.82) is 0 Å². The van der Waals surface area contributed by atoms with Crippen LogP contribution in [0.1, 0.15) is 11.3 Å². The highest BCUT2D eigenvalue weighted by molar-refractivity contribution is 6.28. The van der Waals surface area contributed by atoms with Crippen molar-refractivity contribution in [3.05, 3.63) is 22.7 Å². The van der Waals surface area contributed by atoms with Gasteiger partial charge in [0.2, 0.25) is 5.28 Å². The summed E-state index contributed by atoms with van der Waals surface area (Å²) in [4.78, 5) is 15.1. The van der Waals surface area contributed by atoms with Crippen molar-refractivity contribution in [2.45, 2.75) is 26.1 Å². The fourth-order valence-electron chi connectivity index (χ4n) is 3.17. The molecule has 3 atom stereocenters. The Hall–Kier alpha value is -1.53. The second-order valence-corrected chi connectivity index (χ2v) is 6.25. The normalized spacial score (nSPS) is 27.6. The maximum atomic E-state index is 14.0. The minimum absolute atomic E-state index is 0.0780. The molecule has 5 nitrogen and oxygen atoms in total. The zero-order valence-electron chi connectivity index (χ0n) is 12.4. The highest BCUT2D eigenvalue weighted by Gasteiger charge is 2.56. The van der Waals surface area contributed by atoms with Gasteiger partial charge in [0.25, 0.3) is 0 Å². The van der Waals surface area contributed by atoms with Gasteiger partial charge in [0.05, 0.1) is 30.2 Å². The van der Waals surface area contributed by atoms with Gasteiger partial charge in [0.1, 0.15) is 12.0 Å². The molecule has 7 heteroatoms. The molecule has 0 radical (unpaired) electrons. The molecule has 0 bridgehead atoms. The van der Waals surface area contributed by atoms with Crippen LogP contribution in [-0.2, 0) is 4.74 Å². The number of hydrogen-bond acceptors (Lipinski definition) is 5. The van der Waals surface area contributed by atoms with Crippen LogP contribution in [-0.4, -0.2) is 46.9 Å². The minimum atomic E-state index is -0.872. The molecule has 116 valence electrons. The van der Waals surface area contributed by atoms with Crippen molar-refractivity contribution in [3.8, 4) is 0 Å². The van der Waals surface area contributed by atoms with Gasteiger partial charge in [-0.1, -0.05) is 0 Å². The topological polar surface area (TPSA) is 51.1 Å². The first-order valence-corrected chi connectivity index (χ1v) is 7.73. The molecule has 2 aromatic heterocycles. The fourth-order valence-corrected chi connectivity index (χ4v) is 3.34. The third-order valence-corrected chi connectivity index (χ3v) is 4.80. The molecule has 1 aliphatic carbocycles. The number of alkyl halides is 1. The molecular formula is C15H16ClFN4O. The van der Waals surface area contributed by atoms with E-state index in [9.17, 15) is 4.39 Å². The van der Waals surface area contributed by atoms with E-state index < -0.39 is 6.17 Å². The van der Waals surface area contributed by atoms with E-state index in [1.165, 1.54) is 0 Å². The molecule has 3 unspecified atom stereocenters. The number of aromatic nitrogens is 3. The Morgan fingerprint density at radius 3 is 3.00 bits per heavy atom. The van der Waals surface area contributed by atoms with Gasteiger partial charge in [0, 0.05) is 24.4 Å². The number of nitrogens with zero attached hydrogens (tertiary/aromatic N) is 4. The molecular weight excluding hydrogens is 307 g/mol. The molecule has 3 heterocycles. The maximum Gasteiger partial charge on any atom is 0.224 e. The molecule has 2 aromatic rings. The van der Waals surface area contributed by atoms with Crippen molar-refractivity contribution in [3.63, 3.8) is 0 Å². The van der Waals surface area contributed by atoms with Gasteiger partial charge < -0.3 is 9.64 Å². The van der Waals surface area contributed by atoms with Crippen molar-refractivity contribution < 1.29 is 9.13 Å². The van der Waals surface area contributed by atoms with Gasteiger partial charge in [-0.25, -0.2) is 9.37 Å². The van der Waals surface area contributed by atoms with Crippen molar-refractivity contribution >= 4 is 28.3 Å². The zero-order valence-corrected chi connectivity index (χ0v) is 13.1. The lowest BCUT2D eigenvalue weighted by molar-refractivity contribution is 0.131. The number of aryl methyl sites for hydroxylation is 2. The Bertz CT molecular complexity index is 756. The van der Waals surface area contributed by atoms with Gasteiger partial charge in [-0.2, -0.15) is 4.98 Å². The largest absolute Gasteiger partial charge is 0.379 e. The number of rotatable bonds is 1. The van der Waals surface area contributed by atoms with Gasteiger partial charge >= 0.3 is 0 Å². The summed E-state index contributed by atoms with van der Waals surface area (Å²) in [6.45, 7) is 5.51. The van der Waals surface area contributed by atoms with E-state index in [0.717, 1.165) is 22.2 Å². The fraction of sp³-hybridized carbons (Fsp3) is 0.533. The van der Waals surface area contributed by atoms with Crippen molar-refractivity contribution in [2.24, 2.45) is 5.92 Å². The Labute approximate surface area is 132 Å². The van der Waals surface area contributed by atoms with E-state index in [1.807, 2.05) is 18.7 Å². The summed E-state index contributed by atoms with van der Waals surface area (Å²) < 4.78 is 19.5. The first-order valence-electron chi connectivity index (χ1n) is 7.36. The zero-order chi connectivity index (χ0) is 15.4.